The number of hydrogen-bond donors (Lipinski definition) is 1. The van der Waals surface area contributed by atoms with E-state index in [9.17, 15) is 9.90 Å². The summed E-state index contributed by atoms with van der Waals surface area (Å²) in [6.45, 7) is 16.1. The Morgan fingerprint density at radius 3 is 1.79 bits per heavy atom. The largest absolute Gasteiger partial charge is 0.393 e. The van der Waals surface area contributed by atoms with Gasteiger partial charge in [-0.3, -0.25) is 4.79 Å². The fraction of sp³-hybridized carbons (Fsp3) is 0.452. The van der Waals surface area contributed by atoms with Gasteiger partial charge in [0.2, 0.25) is 0 Å². The third kappa shape index (κ3) is 7.01. The van der Waals surface area contributed by atoms with Gasteiger partial charge in [0.15, 0.2) is 5.78 Å². The fourth-order valence-electron chi connectivity index (χ4n) is 4.72. The van der Waals surface area contributed by atoms with Gasteiger partial charge in [-0.2, -0.15) is 0 Å². The number of allylic oxidation sites excluding steroid dienone is 15. The second-order valence-electron chi connectivity index (χ2n) is 10.6. The molecule has 2 aliphatic rings. The van der Waals surface area contributed by atoms with Crippen LogP contribution in [0.3, 0.4) is 0 Å². The van der Waals surface area contributed by atoms with Crippen molar-refractivity contribution >= 4 is 5.78 Å². The summed E-state index contributed by atoms with van der Waals surface area (Å²) in [6, 6.07) is 0. The number of aliphatic hydroxyl groups excluding tert-OH is 1. The van der Waals surface area contributed by atoms with Crippen LogP contribution in [0.1, 0.15) is 68.2 Å². The zero-order valence-corrected chi connectivity index (χ0v) is 22.2. The zero-order chi connectivity index (χ0) is 25.6. The van der Waals surface area contributed by atoms with Gasteiger partial charge in [-0.25, -0.2) is 0 Å². The molecule has 0 aromatic heterocycles. The topological polar surface area (TPSA) is 49.8 Å². The molecule has 0 aromatic rings. The number of hydrogen-bond acceptors (Lipinski definition) is 3. The van der Waals surface area contributed by atoms with E-state index in [1.165, 1.54) is 0 Å². The number of ketones is 1. The van der Waals surface area contributed by atoms with E-state index >= 15 is 0 Å². The molecule has 1 heterocycles. The number of carbonyl (C=O) groups excluding carboxylic acids is 1. The highest BCUT2D eigenvalue weighted by molar-refractivity contribution is 5.92. The Morgan fingerprint density at radius 2 is 1.26 bits per heavy atom. The van der Waals surface area contributed by atoms with Crippen LogP contribution >= 0.6 is 0 Å². The van der Waals surface area contributed by atoms with E-state index in [1.54, 1.807) is 6.92 Å². The van der Waals surface area contributed by atoms with Crippen molar-refractivity contribution in [2.24, 2.45) is 5.41 Å². The zero-order valence-electron chi connectivity index (χ0n) is 22.2. The van der Waals surface area contributed by atoms with Crippen LogP contribution in [0.4, 0.5) is 0 Å². The van der Waals surface area contributed by atoms with Crippen LogP contribution in [0, 0.1) is 5.41 Å². The van der Waals surface area contributed by atoms with E-state index in [4.69, 9.17) is 4.74 Å². The molecule has 2 rings (SSSR count). The van der Waals surface area contributed by atoms with Gasteiger partial charge >= 0.3 is 0 Å². The van der Waals surface area contributed by atoms with Gasteiger partial charge in [0.25, 0.3) is 0 Å². The maximum absolute atomic E-state index is 11.2. The van der Waals surface area contributed by atoms with Crippen molar-refractivity contribution in [3.63, 3.8) is 0 Å². The summed E-state index contributed by atoms with van der Waals surface area (Å²) in [5.41, 5.74) is 3.53. The van der Waals surface area contributed by atoms with Gasteiger partial charge in [-0.05, 0) is 59.6 Å². The molecule has 3 heteroatoms. The van der Waals surface area contributed by atoms with Gasteiger partial charge in [-0.15, -0.1) is 0 Å². The molecule has 1 N–H and O–H groups in total. The first-order valence-electron chi connectivity index (χ1n) is 12.1. The van der Waals surface area contributed by atoms with E-state index in [0.717, 1.165) is 28.7 Å². The number of epoxide rings is 1. The summed E-state index contributed by atoms with van der Waals surface area (Å²) in [4.78, 5) is 11.2. The third-order valence-electron chi connectivity index (χ3n) is 6.90. The highest BCUT2D eigenvalue weighted by Crippen LogP contribution is 2.66. The molecule has 1 aliphatic carbocycles. The van der Waals surface area contributed by atoms with E-state index in [1.807, 2.05) is 50.3 Å². The van der Waals surface area contributed by atoms with Crippen molar-refractivity contribution in [1.29, 1.82) is 0 Å². The van der Waals surface area contributed by atoms with Gasteiger partial charge in [0.05, 0.1) is 6.10 Å². The van der Waals surface area contributed by atoms with E-state index in [0.29, 0.717) is 6.42 Å². The second-order valence-corrected chi connectivity index (χ2v) is 10.6. The Bertz CT molecular complexity index is 1010. The summed E-state index contributed by atoms with van der Waals surface area (Å²) in [6.07, 6.45) is 25.6. The molecule has 0 aromatic carbocycles. The van der Waals surface area contributed by atoms with Crippen molar-refractivity contribution in [3.8, 4) is 0 Å². The Hall–Kier alpha value is -2.49. The molecule has 3 nitrogen and oxygen atoms in total. The van der Waals surface area contributed by atoms with Crippen molar-refractivity contribution in [2.75, 3.05) is 0 Å². The molecule has 3 atom stereocenters. The van der Waals surface area contributed by atoms with Crippen LogP contribution in [0.15, 0.2) is 95.2 Å². The Balaban J connectivity index is 1.92. The predicted molar refractivity (Wildman–Crippen MR) is 144 cm³/mol. The van der Waals surface area contributed by atoms with Crippen LogP contribution in [-0.4, -0.2) is 28.2 Å². The smallest absolute Gasteiger partial charge is 0.155 e. The number of carbonyl (C=O) groups is 1. The quantitative estimate of drug-likeness (QED) is 0.222. The van der Waals surface area contributed by atoms with Gasteiger partial charge in [0.1, 0.15) is 11.2 Å². The Morgan fingerprint density at radius 1 is 0.765 bits per heavy atom. The summed E-state index contributed by atoms with van der Waals surface area (Å²) in [5, 5.41) is 10.2. The number of Topliss-reactive ketones (excluding diaryl/α,β-unsaturated/α-hetero) is 1. The minimum atomic E-state index is -0.290. The number of aliphatic hydroxyl groups is 1. The SMILES string of the molecule is CC(=O)/C(C)=C/C=C/C(C)=C/C=C\C=C(C)\C=C\C=C(C)/C=C/C12OC1(C)CC(O)CC2(C)C. The Kier molecular flexibility index (Phi) is 9.22. The molecule has 184 valence electrons. The van der Waals surface area contributed by atoms with Crippen LogP contribution in [0.5, 0.6) is 0 Å². The molecule has 0 radical (unpaired) electrons. The molecular weight excluding hydrogens is 420 g/mol. The van der Waals surface area contributed by atoms with Crippen LogP contribution in [-0.2, 0) is 9.53 Å². The lowest BCUT2D eigenvalue weighted by atomic mass is 9.63. The van der Waals surface area contributed by atoms with E-state index < -0.39 is 0 Å². The lowest BCUT2D eigenvalue weighted by molar-refractivity contribution is -0.113. The molecule has 0 bridgehead atoms. The number of rotatable bonds is 9. The monoisotopic (exact) mass is 462 g/mol. The Labute approximate surface area is 206 Å². The lowest BCUT2D eigenvalue weighted by Gasteiger charge is -2.39. The van der Waals surface area contributed by atoms with Gasteiger partial charge in [-0.1, -0.05) is 97.4 Å². The molecule has 0 spiro atoms. The molecule has 1 aliphatic heterocycles. The minimum Gasteiger partial charge on any atom is -0.393 e. The molecule has 0 amide bonds. The first-order chi connectivity index (χ1) is 15.8. The summed E-state index contributed by atoms with van der Waals surface area (Å²) >= 11 is 0. The number of ether oxygens (including phenoxy) is 1. The van der Waals surface area contributed by atoms with Gasteiger partial charge < -0.3 is 9.84 Å². The van der Waals surface area contributed by atoms with Crippen molar-refractivity contribution in [2.45, 2.75) is 85.5 Å². The van der Waals surface area contributed by atoms with Crippen LogP contribution in [0.2, 0.25) is 0 Å². The minimum absolute atomic E-state index is 0.0921. The average molecular weight is 463 g/mol. The highest BCUT2D eigenvalue weighted by atomic mass is 16.6. The number of fused-ring (bicyclic) bond motifs is 1. The first kappa shape index (κ1) is 27.8. The molecule has 2 fully saturated rings. The average Bonchev–Trinajstić information content (AvgIpc) is 3.35. The maximum Gasteiger partial charge on any atom is 0.155 e. The maximum atomic E-state index is 11.2. The molecule has 1 saturated carbocycles. The summed E-state index contributed by atoms with van der Waals surface area (Å²) in [7, 11) is 0. The highest BCUT2D eigenvalue weighted by Gasteiger charge is 2.74. The normalized spacial score (nSPS) is 30.7. The standard InChI is InChI=1S/C31H42O3/c1-23(13-9-10-14-24(2)17-12-18-26(4)27(5)32)15-11-16-25(3)19-20-31-29(6,7)21-28(33)22-30(31,8)34-31/h9-20,28,33H,21-22H2,1-8H3/b10-9-,15-11+,17-12+,20-19+,23-13+,24-14+,25-16-,26-18+. The van der Waals surface area contributed by atoms with Crippen LogP contribution in [0.25, 0.3) is 0 Å². The van der Waals surface area contributed by atoms with Crippen molar-refractivity contribution < 1.29 is 14.6 Å². The van der Waals surface area contributed by atoms with Crippen molar-refractivity contribution in [3.05, 3.63) is 95.2 Å². The molecule has 1 saturated heterocycles. The molecule has 34 heavy (non-hydrogen) atoms. The predicted octanol–water partition coefficient (Wildman–Crippen LogP) is 7.29. The second kappa shape index (κ2) is 11.3. The fourth-order valence-corrected chi connectivity index (χ4v) is 4.72. The molecule has 3 unspecified atom stereocenters. The summed E-state index contributed by atoms with van der Waals surface area (Å²) in [5.74, 6) is 0.0921. The van der Waals surface area contributed by atoms with Crippen molar-refractivity contribution in [1.82, 2.24) is 0 Å². The van der Waals surface area contributed by atoms with Gasteiger partial charge in [0, 0.05) is 11.8 Å². The first-order valence-corrected chi connectivity index (χ1v) is 12.1. The molecular formula is C31H42O3. The van der Waals surface area contributed by atoms with E-state index in [-0.39, 0.29) is 28.5 Å². The van der Waals surface area contributed by atoms with Crippen LogP contribution < -0.4 is 0 Å². The third-order valence-corrected chi connectivity index (χ3v) is 6.90. The van der Waals surface area contributed by atoms with E-state index in [2.05, 4.69) is 71.1 Å². The summed E-state index contributed by atoms with van der Waals surface area (Å²) < 4.78 is 6.21. The lowest BCUT2D eigenvalue weighted by Crippen LogP contribution is -2.46.